The molecule has 2 aromatic carbocycles. The van der Waals surface area contributed by atoms with E-state index >= 15 is 0 Å². The number of benzene rings is 2. The third kappa shape index (κ3) is 3.63. The Bertz CT molecular complexity index is 919. The van der Waals surface area contributed by atoms with Crippen molar-refractivity contribution in [3.05, 3.63) is 53.6 Å². The van der Waals surface area contributed by atoms with Gasteiger partial charge in [-0.05, 0) is 56.0 Å². The van der Waals surface area contributed by atoms with E-state index in [9.17, 15) is 0 Å². The van der Waals surface area contributed by atoms with Crippen LogP contribution in [0.3, 0.4) is 0 Å². The first kappa shape index (κ1) is 16.8. The zero-order chi connectivity index (χ0) is 17.9. The molecule has 0 radical (unpaired) electrons. The molecule has 1 aromatic heterocycles. The van der Waals surface area contributed by atoms with Crippen LogP contribution in [0.4, 0.5) is 17.5 Å². The molecule has 0 spiro atoms. The maximum absolute atomic E-state index is 5.72. The van der Waals surface area contributed by atoms with Gasteiger partial charge in [0.1, 0.15) is 5.82 Å². The molecule has 0 aliphatic carbocycles. The first-order valence-electron chi connectivity index (χ1n) is 9.15. The van der Waals surface area contributed by atoms with Crippen LogP contribution in [0.5, 0.6) is 0 Å². The van der Waals surface area contributed by atoms with Gasteiger partial charge in [0.25, 0.3) is 0 Å². The minimum Gasteiger partial charge on any atom is -0.376 e. The third-order valence-corrected chi connectivity index (χ3v) is 4.76. The predicted molar refractivity (Wildman–Crippen MR) is 106 cm³/mol. The number of anilines is 3. The molecule has 2 heterocycles. The van der Waals surface area contributed by atoms with Crippen molar-refractivity contribution < 1.29 is 4.74 Å². The van der Waals surface area contributed by atoms with Gasteiger partial charge in [-0.2, -0.15) is 4.98 Å². The zero-order valence-electron chi connectivity index (χ0n) is 15.2. The van der Waals surface area contributed by atoms with Crippen LogP contribution in [0.1, 0.15) is 24.0 Å². The molecule has 0 saturated carbocycles. The second-order valence-electron chi connectivity index (χ2n) is 6.87. The Morgan fingerprint density at radius 1 is 1.12 bits per heavy atom. The summed E-state index contributed by atoms with van der Waals surface area (Å²) >= 11 is 0. The second kappa shape index (κ2) is 7.30. The van der Waals surface area contributed by atoms with Gasteiger partial charge in [-0.15, -0.1) is 0 Å². The number of aryl methyl sites for hydroxylation is 2. The van der Waals surface area contributed by atoms with Gasteiger partial charge >= 0.3 is 0 Å². The SMILES string of the molecule is Cc1ccc(C)c(Nc2nc(NC[C@H]3CCCO3)c3ccccc3n2)c1. The highest BCUT2D eigenvalue weighted by Gasteiger charge is 2.16. The van der Waals surface area contributed by atoms with Crippen LogP contribution in [-0.4, -0.2) is 29.2 Å². The summed E-state index contributed by atoms with van der Waals surface area (Å²) in [6.45, 7) is 5.79. The summed E-state index contributed by atoms with van der Waals surface area (Å²) < 4.78 is 5.72. The number of ether oxygens (including phenoxy) is 1. The highest BCUT2D eigenvalue weighted by atomic mass is 16.5. The fraction of sp³-hybridized carbons (Fsp3) is 0.333. The van der Waals surface area contributed by atoms with Gasteiger partial charge in [-0.3, -0.25) is 0 Å². The van der Waals surface area contributed by atoms with Crippen LogP contribution in [-0.2, 0) is 4.74 Å². The van der Waals surface area contributed by atoms with Gasteiger partial charge in [0.2, 0.25) is 5.95 Å². The molecule has 4 rings (SSSR count). The van der Waals surface area contributed by atoms with Crippen molar-refractivity contribution in [2.45, 2.75) is 32.8 Å². The minimum atomic E-state index is 0.263. The van der Waals surface area contributed by atoms with Gasteiger partial charge in [0, 0.05) is 24.2 Å². The Kier molecular flexibility index (Phi) is 4.71. The summed E-state index contributed by atoms with van der Waals surface area (Å²) in [5, 5.41) is 7.87. The Morgan fingerprint density at radius 3 is 2.85 bits per heavy atom. The highest BCUT2D eigenvalue weighted by molar-refractivity contribution is 5.90. The largest absolute Gasteiger partial charge is 0.376 e. The average molecular weight is 348 g/mol. The van der Waals surface area contributed by atoms with E-state index in [0.717, 1.165) is 48.4 Å². The van der Waals surface area contributed by atoms with Gasteiger partial charge < -0.3 is 15.4 Å². The number of rotatable bonds is 5. The lowest BCUT2D eigenvalue weighted by Crippen LogP contribution is -2.19. The van der Waals surface area contributed by atoms with E-state index in [-0.39, 0.29) is 6.10 Å². The fourth-order valence-electron chi connectivity index (χ4n) is 3.27. The molecule has 1 aliphatic heterocycles. The molecule has 3 aromatic rings. The van der Waals surface area contributed by atoms with E-state index < -0.39 is 0 Å². The number of para-hydroxylation sites is 1. The van der Waals surface area contributed by atoms with Crippen molar-refractivity contribution in [3.63, 3.8) is 0 Å². The first-order chi connectivity index (χ1) is 12.7. The first-order valence-corrected chi connectivity index (χ1v) is 9.15. The van der Waals surface area contributed by atoms with E-state index in [1.807, 2.05) is 18.2 Å². The highest BCUT2D eigenvalue weighted by Crippen LogP contribution is 2.26. The van der Waals surface area contributed by atoms with Crippen LogP contribution in [0.15, 0.2) is 42.5 Å². The molecule has 0 bridgehead atoms. The van der Waals surface area contributed by atoms with E-state index in [0.29, 0.717) is 5.95 Å². The average Bonchev–Trinajstić information content (AvgIpc) is 3.16. The lowest BCUT2D eigenvalue weighted by molar-refractivity contribution is 0.120. The van der Waals surface area contributed by atoms with Crippen molar-refractivity contribution in [2.24, 2.45) is 0 Å². The van der Waals surface area contributed by atoms with E-state index in [4.69, 9.17) is 9.72 Å². The van der Waals surface area contributed by atoms with E-state index in [2.05, 4.69) is 53.7 Å². The number of nitrogens with zero attached hydrogens (tertiary/aromatic N) is 2. The smallest absolute Gasteiger partial charge is 0.229 e. The normalized spacial score (nSPS) is 16.8. The van der Waals surface area contributed by atoms with Crippen LogP contribution < -0.4 is 10.6 Å². The summed E-state index contributed by atoms with van der Waals surface area (Å²) in [6.07, 6.45) is 2.50. The maximum Gasteiger partial charge on any atom is 0.229 e. The Hall–Kier alpha value is -2.66. The zero-order valence-corrected chi connectivity index (χ0v) is 15.2. The van der Waals surface area contributed by atoms with Gasteiger partial charge in [0.05, 0.1) is 11.6 Å². The van der Waals surface area contributed by atoms with Gasteiger partial charge in [-0.1, -0.05) is 24.3 Å². The summed E-state index contributed by atoms with van der Waals surface area (Å²) in [5.74, 6) is 1.45. The van der Waals surface area contributed by atoms with Crippen molar-refractivity contribution in [3.8, 4) is 0 Å². The molecule has 26 heavy (non-hydrogen) atoms. The number of hydrogen-bond donors (Lipinski definition) is 2. The summed E-state index contributed by atoms with van der Waals surface area (Å²) in [7, 11) is 0. The molecular weight excluding hydrogens is 324 g/mol. The topological polar surface area (TPSA) is 59.1 Å². The fourth-order valence-corrected chi connectivity index (χ4v) is 3.27. The van der Waals surface area contributed by atoms with E-state index in [1.165, 1.54) is 11.1 Å². The van der Waals surface area contributed by atoms with Gasteiger partial charge in [0.15, 0.2) is 0 Å². The summed E-state index contributed by atoms with van der Waals surface area (Å²) in [5.41, 5.74) is 4.33. The van der Waals surface area contributed by atoms with Crippen LogP contribution in [0.2, 0.25) is 0 Å². The lowest BCUT2D eigenvalue weighted by atomic mass is 10.1. The van der Waals surface area contributed by atoms with Crippen LogP contribution >= 0.6 is 0 Å². The number of fused-ring (bicyclic) bond motifs is 1. The molecule has 1 aliphatic rings. The number of aromatic nitrogens is 2. The number of nitrogens with one attached hydrogen (secondary N) is 2. The Balaban J connectivity index is 1.65. The Morgan fingerprint density at radius 2 is 2.00 bits per heavy atom. The molecule has 134 valence electrons. The third-order valence-electron chi connectivity index (χ3n) is 4.76. The molecule has 1 saturated heterocycles. The van der Waals surface area contributed by atoms with E-state index in [1.54, 1.807) is 0 Å². The molecule has 2 N–H and O–H groups in total. The van der Waals surface area contributed by atoms with Crippen molar-refractivity contribution in [1.82, 2.24) is 9.97 Å². The maximum atomic E-state index is 5.72. The Labute approximate surface area is 153 Å². The summed E-state index contributed by atoms with van der Waals surface area (Å²) in [4.78, 5) is 9.43. The molecule has 0 amide bonds. The van der Waals surface area contributed by atoms with Crippen LogP contribution in [0, 0.1) is 13.8 Å². The second-order valence-corrected chi connectivity index (χ2v) is 6.87. The molecule has 1 atom stereocenters. The molecule has 1 fully saturated rings. The standard InChI is InChI=1S/C21H24N4O/c1-14-9-10-15(2)19(12-14)24-21-23-18-8-4-3-7-17(18)20(25-21)22-13-16-6-5-11-26-16/h3-4,7-10,12,16H,5-6,11,13H2,1-2H3,(H2,22,23,24,25)/t16-/m1/s1. The number of hydrogen-bond acceptors (Lipinski definition) is 5. The van der Waals surface area contributed by atoms with Crippen LogP contribution in [0.25, 0.3) is 10.9 Å². The summed E-state index contributed by atoms with van der Waals surface area (Å²) in [6, 6.07) is 14.4. The molecule has 5 heteroatoms. The van der Waals surface area contributed by atoms with Crippen molar-refractivity contribution in [1.29, 1.82) is 0 Å². The predicted octanol–water partition coefficient (Wildman–Crippen LogP) is 4.58. The molecular formula is C21H24N4O. The quantitative estimate of drug-likeness (QED) is 0.707. The van der Waals surface area contributed by atoms with Crippen molar-refractivity contribution in [2.75, 3.05) is 23.8 Å². The monoisotopic (exact) mass is 348 g/mol. The molecule has 5 nitrogen and oxygen atoms in total. The van der Waals surface area contributed by atoms with Gasteiger partial charge in [-0.25, -0.2) is 4.98 Å². The lowest BCUT2D eigenvalue weighted by Gasteiger charge is -2.15. The minimum absolute atomic E-state index is 0.263. The van der Waals surface area contributed by atoms with Crippen molar-refractivity contribution >= 4 is 28.4 Å². The molecule has 0 unspecified atom stereocenters.